The van der Waals surface area contributed by atoms with Crippen LogP contribution in [0.3, 0.4) is 0 Å². The van der Waals surface area contributed by atoms with Crippen molar-refractivity contribution < 1.29 is 9.90 Å². The van der Waals surface area contributed by atoms with Crippen LogP contribution in [0.2, 0.25) is 0 Å². The average Bonchev–Trinajstić information content (AvgIpc) is 2.31. The molecule has 2 N–H and O–H groups in total. The van der Waals surface area contributed by atoms with E-state index >= 15 is 0 Å². The lowest BCUT2D eigenvalue weighted by atomic mass is 9.73. The van der Waals surface area contributed by atoms with Gasteiger partial charge in [-0.3, -0.25) is 0 Å². The number of rotatable bonds is 1. The van der Waals surface area contributed by atoms with Crippen LogP contribution in [0.1, 0.15) is 52.4 Å². The van der Waals surface area contributed by atoms with E-state index in [-0.39, 0.29) is 23.6 Å². The standard InChI is InChI=1S/C14H26N2O2/c1-14(2)8-4-3-7-12(14)15-13(18)16-9-5-6-11(17)10-16/h11-12,17H,3-10H2,1-2H3,(H,15,18). The van der Waals surface area contributed by atoms with Crippen molar-refractivity contribution in [3.05, 3.63) is 0 Å². The molecule has 0 spiro atoms. The molecule has 4 nitrogen and oxygen atoms in total. The summed E-state index contributed by atoms with van der Waals surface area (Å²) in [6.45, 7) is 5.74. The monoisotopic (exact) mass is 254 g/mol. The molecule has 4 heteroatoms. The molecule has 0 aromatic heterocycles. The van der Waals surface area contributed by atoms with Crippen molar-refractivity contribution >= 4 is 6.03 Å². The summed E-state index contributed by atoms with van der Waals surface area (Å²) in [6.07, 6.45) is 6.11. The van der Waals surface area contributed by atoms with Gasteiger partial charge in [-0.25, -0.2) is 4.79 Å². The van der Waals surface area contributed by atoms with Crippen LogP contribution in [-0.2, 0) is 0 Å². The topological polar surface area (TPSA) is 52.6 Å². The first-order chi connectivity index (χ1) is 8.49. The molecule has 2 aliphatic rings. The van der Waals surface area contributed by atoms with Crippen molar-refractivity contribution in [2.24, 2.45) is 5.41 Å². The lowest BCUT2D eigenvalue weighted by Crippen LogP contribution is -2.54. The second-order valence-electron chi connectivity index (χ2n) is 6.48. The first kappa shape index (κ1) is 13.7. The van der Waals surface area contributed by atoms with Crippen molar-refractivity contribution in [2.45, 2.75) is 64.5 Å². The number of nitrogens with one attached hydrogen (secondary N) is 1. The molecule has 1 heterocycles. The Hall–Kier alpha value is -0.770. The molecule has 0 aromatic rings. The van der Waals surface area contributed by atoms with E-state index in [9.17, 15) is 9.90 Å². The van der Waals surface area contributed by atoms with E-state index in [2.05, 4.69) is 19.2 Å². The van der Waals surface area contributed by atoms with Crippen LogP contribution >= 0.6 is 0 Å². The normalized spacial score (nSPS) is 32.1. The number of nitrogens with zero attached hydrogens (tertiary/aromatic N) is 1. The molecule has 1 aliphatic carbocycles. The fourth-order valence-corrected chi connectivity index (χ4v) is 3.14. The summed E-state index contributed by atoms with van der Waals surface area (Å²) in [5.74, 6) is 0. The number of hydrogen-bond acceptors (Lipinski definition) is 2. The fraction of sp³-hybridized carbons (Fsp3) is 0.929. The second kappa shape index (κ2) is 5.47. The van der Waals surface area contributed by atoms with E-state index in [1.807, 2.05) is 0 Å². The molecule has 0 radical (unpaired) electrons. The Bertz CT molecular complexity index is 304. The molecular weight excluding hydrogens is 228 g/mol. The molecule has 0 bridgehead atoms. The van der Waals surface area contributed by atoms with Crippen molar-refractivity contribution in [3.63, 3.8) is 0 Å². The maximum atomic E-state index is 12.2. The number of hydrogen-bond donors (Lipinski definition) is 2. The van der Waals surface area contributed by atoms with Crippen LogP contribution in [0, 0.1) is 5.41 Å². The molecule has 2 fully saturated rings. The van der Waals surface area contributed by atoms with E-state index < -0.39 is 0 Å². The van der Waals surface area contributed by atoms with Gasteiger partial charge in [-0.05, 0) is 31.1 Å². The molecule has 0 aromatic carbocycles. The minimum Gasteiger partial charge on any atom is -0.391 e. The lowest BCUT2D eigenvalue weighted by molar-refractivity contribution is 0.0784. The van der Waals surface area contributed by atoms with Gasteiger partial charge in [0.25, 0.3) is 0 Å². The SMILES string of the molecule is CC1(C)CCCCC1NC(=O)N1CCCC(O)C1. The van der Waals surface area contributed by atoms with Crippen LogP contribution in [0.5, 0.6) is 0 Å². The van der Waals surface area contributed by atoms with Crippen molar-refractivity contribution in [1.29, 1.82) is 0 Å². The zero-order chi connectivity index (χ0) is 13.2. The highest BCUT2D eigenvalue weighted by molar-refractivity contribution is 5.74. The minimum atomic E-state index is -0.344. The van der Waals surface area contributed by atoms with Crippen LogP contribution in [-0.4, -0.2) is 41.3 Å². The largest absolute Gasteiger partial charge is 0.391 e. The predicted octanol–water partition coefficient (Wildman–Crippen LogP) is 2.12. The van der Waals surface area contributed by atoms with Gasteiger partial charge in [-0.2, -0.15) is 0 Å². The predicted molar refractivity (Wildman–Crippen MR) is 71.4 cm³/mol. The van der Waals surface area contributed by atoms with Gasteiger partial charge in [0.1, 0.15) is 0 Å². The van der Waals surface area contributed by atoms with Gasteiger partial charge in [0.2, 0.25) is 0 Å². The summed E-state index contributed by atoms with van der Waals surface area (Å²) in [7, 11) is 0. The molecule has 2 atom stereocenters. The van der Waals surface area contributed by atoms with Crippen molar-refractivity contribution in [3.8, 4) is 0 Å². The minimum absolute atomic E-state index is 0.00808. The van der Waals surface area contributed by atoms with Gasteiger partial charge < -0.3 is 15.3 Å². The highest BCUT2D eigenvalue weighted by atomic mass is 16.3. The molecule has 2 unspecified atom stereocenters. The first-order valence-electron chi connectivity index (χ1n) is 7.22. The zero-order valence-corrected chi connectivity index (χ0v) is 11.6. The molecular formula is C14H26N2O2. The third kappa shape index (κ3) is 3.16. The zero-order valence-electron chi connectivity index (χ0n) is 11.6. The third-order valence-electron chi connectivity index (χ3n) is 4.49. The number of β-amino-alcohol motifs (C(OH)–C–C–N with tert-alkyl or cyclic N) is 1. The molecule has 2 rings (SSSR count). The van der Waals surface area contributed by atoms with Gasteiger partial charge in [-0.15, -0.1) is 0 Å². The molecule has 1 saturated heterocycles. The number of amides is 2. The summed E-state index contributed by atoms with van der Waals surface area (Å²) in [5, 5.41) is 12.8. The van der Waals surface area contributed by atoms with E-state index in [1.165, 1.54) is 19.3 Å². The van der Waals surface area contributed by atoms with Gasteiger partial charge in [0, 0.05) is 19.1 Å². The fourth-order valence-electron chi connectivity index (χ4n) is 3.14. The Morgan fingerprint density at radius 3 is 2.72 bits per heavy atom. The lowest BCUT2D eigenvalue weighted by Gasteiger charge is -2.40. The van der Waals surface area contributed by atoms with Gasteiger partial charge in [0.15, 0.2) is 0 Å². The van der Waals surface area contributed by atoms with Crippen LogP contribution < -0.4 is 5.32 Å². The van der Waals surface area contributed by atoms with Gasteiger partial charge >= 0.3 is 6.03 Å². The number of piperidine rings is 1. The second-order valence-corrected chi connectivity index (χ2v) is 6.48. The summed E-state index contributed by atoms with van der Waals surface area (Å²) in [6, 6.07) is 0.284. The molecule has 104 valence electrons. The maximum absolute atomic E-state index is 12.2. The number of carbonyl (C=O) groups is 1. The molecule has 18 heavy (non-hydrogen) atoms. The number of aliphatic hydroxyl groups excluding tert-OH is 1. The first-order valence-corrected chi connectivity index (χ1v) is 7.22. The van der Waals surface area contributed by atoms with Crippen LogP contribution in [0.4, 0.5) is 4.79 Å². The molecule has 1 saturated carbocycles. The van der Waals surface area contributed by atoms with Crippen molar-refractivity contribution in [1.82, 2.24) is 10.2 Å². The summed E-state index contributed by atoms with van der Waals surface area (Å²) in [4.78, 5) is 14.0. The van der Waals surface area contributed by atoms with E-state index in [1.54, 1.807) is 4.90 Å². The number of urea groups is 1. The van der Waals surface area contributed by atoms with Crippen LogP contribution in [0.25, 0.3) is 0 Å². The highest BCUT2D eigenvalue weighted by Gasteiger charge is 2.34. The van der Waals surface area contributed by atoms with E-state index in [0.29, 0.717) is 6.54 Å². The van der Waals surface area contributed by atoms with Crippen LogP contribution in [0.15, 0.2) is 0 Å². The van der Waals surface area contributed by atoms with E-state index in [4.69, 9.17) is 0 Å². The number of likely N-dealkylation sites (tertiary alicyclic amines) is 1. The summed E-state index contributed by atoms with van der Waals surface area (Å²) >= 11 is 0. The number of carbonyl (C=O) groups excluding carboxylic acids is 1. The molecule has 2 amide bonds. The summed E-state index contributed by atoms with van der Waals surface area (Å²) in [5.41, 5.74) is 0.197. The Morgan fingerprint density at radius 2 is 2.06 bits per heavy atom. The number of aliphatic hydroxyl groups is 1. The highest BCUT2D eigenvalue weighted by Crippen LogP contribution is 2.35. The van der Waals surface area contributed by atoms with Crippen molar-refractivity contribution in [2.75, 3.05) is 13.1 Å². The molecule has 1 aliphatic heterocycles. The maximum Gasteiger partial charge on any atom is 0.317 e. The Labute approximate surface area is 110 Å². The Kier molecular flexibility index (Phi) is 4.15. The Balaban J connectivity index is 1.89. The summed E-state index contributed by atoms with van der Waals surface area (Å²) < 4.78 is 0. The third-order valence-corrected chi connectivity index (χ3v) is 4.49. The smallest absolute Gasteiger partial charge is 0.317 e. The van der Waals surface area contributed by atoms with Gasteiger partial charge in [-0.1, -0.05) is 26.7 Å². The average molecular weight is 254 g/mol. The van der Waals surface area contributed by atoms with E-state index in [0.717, 1.165) is 25.8 Å². The Morgan fingerprint density at radius 1 is 1.28 bits per heavy atom. The quantitative estimate of drug-likeness (QED) is 0.753. The van der Waals surface area contributed by atoms with Gasteiger partial charge in [0.05, 0.1) is 6.10 Å².